The van der Waals surface area contributed by atoms with Gasteiger partial charge in [-0.3, -0.25) is 0 Å². The van der Waals surface area contributed by atoms with Crippen molar-refractivity contribution in [2.45, 2.75) is 19.4 Å². The highest BCUT2D eigenvalue weighted by Crippen LogP contribution is 2.16. The van der Waals surface area contributed by atoms with Gasteiger partial charge in [-0.05, 0) is 32.9 Å². The molecule has 2 unspecified atom stereocenters. The lowest BCUT2D eigenvalue weighted by Crippen LogP contribution is -2.36. The molecule has 13 heavy (non-hydrogen) atoms. The molecule has 1 N–H and O–H groups in total. The topological polar surface area (TPSA) is 24.5 Å². The zero-order chi connectivity index (χ0) is 9.68. The van der Waals surface area contributed by atoms with Gasteiger partial charge in [0, 0.05) is 26.2 Å². The number of nitrogens with one attached hydrogen (secondary N) is 1. The van der Waals surface area contributed by atoms with Crippen LogP contribution in [0, 0.1) is 5.92 Å². The second-order valence-electron chi connectivity index (χ2n) is 4.06. The lowest BCUT2D eigenvalue weighted by atomic mass is 10.1. The average Bonchev–Trinajstić information content (AvgIpc) is 2.53. The number of ether oxygens (including phenoxy) is 1. The second-order valence-corrected chi connectivity index (χ2v) is 4.06. The maximum Gasteiger partial charge on any atom is 0.0503 e. The van der Waals surface area contributed by atoms with E-state index in [4.69, 9.17) is 4.74 Å². The van der Waals surface area contributed by atoms with E-state index in [1.807, 2.05) is 7.05 Å². The Morgan fingerprint density at radius 3 is 3.00 bits per heavy atom. The first-order valence-electron chi connectivity index (χ1n) is 5.14. The largest absolute Gasteiger partial charge is 0.384 e. The van der Waals surface area contributed by atoms with Crippen molar-refractivity contribution < 1.29 is 4.74 Å². The zero-order valence-electron chi connectivity index (χ0n) is 9.05. The number of hydrogen-bond acceptors (Lipinski definition) is 3. The van der Waals surface area contributed by atoms with E-state index in [1.165, 1.54) is 19.5 Å². The first-order chi connectivity index (χ1) is 6.26. The maximum absolute atomic E-state index is 5.16. The summed E-state index contributed by atoms with van der Waals surface area (Å²) >= 11 is 0. The Morgan fingerprint density at radius 1 is 1.62 bits per heavy atom. The molecule has 0 aromatic heterocycles. The number of likely N-dealkylation sites (N-methyl/N-ethyl adjacent to an activating group) is 1. The molecule has 0 amide bonds. The van der Waals surface area contributed by atoms with Gasteiger partial charge in [-0.1, -0.05) is 0 Å². The summed E-state index contributed by atoms with van der Waals surface area (Å²) in [5.41, 5.74) is 0. The SMILES string of the molecule is CNC(C)CN1CCC(COC)C1. The number of nitrogens with zero attached hydrogens (tertiary/aromatic N) is 1. The van der Waals surface area contributed by atoms with Crippen molar-refractivity contribution in [2.75, 3.05) is 40.4 Å². The van der Waals surface area contributed by atoms with Gasteiger partial charge in [0.2, 0.25) is 0 Å². The van der Waals surface area contributed by atoms with Gasteiger partial charge in [0.25, 0.3) is 0 Å². The molecule has 3 nitrogen and oxygen atoms in total. The third-order valence-electron chi connectivity index (χ3n) is 2.80. The molecule has 1 heterocycles. The average molecular weight is 186 g/mol. The third-order valence-corrected chi connectivity index (χ3v) is 2.80. The van der Waals surface area contributed by atoms with Crippen LogP contribution in [0.3, 0.4) is 0 Å². The van der Waals surface area contributed by atoms with E-state index in [9.17, 15) is 0 Å². The van der Waals surface area contributed by atoms with Gasteiger partial charge < -0.3 is 15.0 Å². The summed E-state index contributed by atoms with van der Waals surface area (Å²) in [6, 6.07) is 0.598. The Morgan fingerprint density at radius 2 is 2.38 bits per heavy atom. The molecule has 1 fully saturated rings. The Kier molecular flexibility index (Phi) is 4.70. The molecule has 2 atom stereocenters. The van der Waals surface area contributed by atoms with Gasteiger partial charge in [0.1, 0.15) is 0 Å². The molecule has 0 spiro atoms. The van der Waals surface area contributed by atoms with Crippen molar-refractivity contribution in [2.24, 2.45) is 5.92 Å². The Labute approximate surface area is 81.4 Å². The molecule has 1 aliphatic heterocycles. The molecule has 0 radical (unpaired) electrons. The van der Waals surface area contributed by atoms with Crippen LogP contribution in [0.2, 0.25) is 0 Å². The van der Waals surface area contributed by atoms with E-state index in [0.29, 0.717) is 6.04 Å². The van der Waals surface area contributed by atoms with Crippen molar-refractivity contribution in [1.29, 1.82) is 0 Å². The summed E-state index contributed by atoms with van der Waals surface area (Å²) in [7, 11) is 3.81. The van der Waals surface area contributed by atoms with Crippen molar-refractivity contribution in [3.05, 3.63) is 0 Å². The van der Waals surface area contributed by atoms with Crippen LogP contribution in [0.5, 0.6) is 0 Å². The minimum Gasteiger partial charge on any atom is -0.384 e. The minimum absolute atomic E-state index is 0.598. The normalized spacial score (nSPS) is 26.5. The fourth-order valence-electron chi connectivity index (χ4n) is 1.93. The monoisotopic (exact) mass is 186 g/mol. The smallest absolute Gasteiger partial charge is 0.0503 e. The highest BCUT2D eigenvalue weighted by Gasteiger charge is 2.22. The van der Waals surface area contributed by atoms with Crippen LogP contribution >= 0.6 is 0 Å². The molecule has 0 bridgehead atoms. The summed E-state index contributed by atoms with van der Waals surface area (Å²) in [6.45, 7) is 6.75. The van der Waals surface area contributed by atoms with E-state index < -0.39 is 0 Å². The quantitative estimate of drug-likeness (QED) is 0.679. The summed E-state index contributed by atoms with van der Waals surface area (Å²) in [5, 5.41) is 3.27. The molecule has 0 aromatic rings. The summed E-state index contributed by atoms with van der Waals surface area (Å²) < 4.78 is 5.16. The number of likely N-dealkylation sites (tertiary alicyclic amines) is 1. The predicted molar refractivity (Wildman–Crippen MR) is 54.9 cm³/mol. The van der Waals surface area contributed by atoms with E-state index in [-0.39, 0.29) is 0 Å². The molecule has 0 aromatic carbocycles. The molecule has 1 rings (SSSR count). The van der Waals surface area contributed by atoms with Crippen molar-refractivity contribution in [3.63, 3.8) is 0 Å². The predicted octanol–water partition coefficient (Wildman–Crippen LogP) is 0.563. The van der Waals surface area contributed by atoms with Gasteiger partial charge in [-0.25, -0.2) is 0 Å². The molecule has 1 aliphatic rings. The summed E-state index contributed by atoms with van der Waals surface area (Å²) in [5.74, 6) is 0.758. The van der Waals surface area contributed by atoms with Gasteiger partial charge in [-0.15, -0.1) is 0 Å². The van der Waals surface area contributed by atoms with Gasteiger partial charge >= 0.3 is 0 Å². The standard InChI is InChI=1S/C10H22N2O/c1-9(11-2)6-12-5-4-10(7-12)8-13-3/h9-11H,4-8H2,1-3H3. The lowest BCUT2D eigenvalue weighted by molar-refractivity contribution is 0.152. The van der Waals surface area contributed by atoms with Crippen molar-refractivity contribution >= 4 is 0 Å². The van der Waals surface area contributed by atoms with E-state index >= 15 is 0 Å². The van der Waals surface area contributed by atoms with Crippen LogP contribution in [-0.4, -0.2) is 51.3 Å². The van der Waals surface area contributed by atoms with Crippen LogP contribution in [-0.2, 0) is 4.74 Å². The fraction of sp³-hybridized carbons (Fsp3) is 1.00. The zero-order valence-corrected chi connectivity index (χ0v) is 9.05. The number of hydrogen-bond donors (Lipinski definition) is 1. The molecule has 78 valence electrons. The minimum atomic E-state index is 0.598. The van der Waals surface area contributed by atoms with Gasteiger partial charge in [0.05, 0.1) is 6.61 Å². The Hall–Kier alpha value is -0.120. The summed E-state index contributed by atoms with van der Waals surface area (Å²) in [6.07, 6.45) is 1.30. The number of rotatable bonds is 5. The van der Waals surface area contributed by atoms with Gasteiger partial charge in [0.15, 0.2) is 0 Å². The first kappa shape index (κ1) is 11.0. The fourth-order valence-corrected chi connectivity index (χ4v) is 1.93. The Balaban J connectivity index is 2.17. The summed E-state index contributed by atoms with van der Waals surface area (Å²) in [4.78, 5) is 2.52. The molecular weight excluding hydrogens is 164 g/mol. The van der Waals surface area contributed by atoms with Crippen LogP contribution in [0.4, 0.5) is 0 Å². The Bertz CT molecular complexity index is 141. The van der Waals surface area contributed by atoms with E-state index in [0.717, 1.165) is 19.1 Å². The highest BCUT2D eigenvalue weighted by molar-refractivity contribution is 4.77. The highest BCUT2D eigenvalue weighted by atomic mass is 16.5. The van der Waals surface area contributed by atoms with Crippen LogP contribution in [0.1, 0.15) is 13.3 Å². The molecule has 3 heteroatoms. The third kappa shape index (κ3) is 3.63. The van der Waals surface area contributed by atoms with Crippen LogP contribution in [0.15, 0.2) is 0 Å². The maximum atomic E-state index is 5.16. The molecular formula is C10H22N2O. The number of methoxy groups -OCH3 is 1. The van der Waals surface area contributed by atoms with E-state index in [1.54, 1.807) is 7.11 Å². The molecule has 0 aliphatic carbocycles. The van der Waals surface area contributed by atoms with Gasteiger partial charge in [-0.2, -0.15) is 0 Å². The first-order valence-corrected chi connectivity index (χ1v) is 5.14. The van der Waals surface area contributed by atoms with Crippen molar-refractivity contribution in [3.8, 4) is 0 Å². The lowest BCUT2D eigenvalue weighted by Gasteiger charge is -2.20. The second kappa shape index (κ2) is 5.58. The van der Waals surface area contributed by atoms with Crippen LogP contribution < -0.4 is 5.32 Å². The van der Waals surface area contributed by atoms with E-state index in [2.05, 4.69) is 17.1 Å². The van der Waals surface area contributed by atoms with Crippen LogP contribution in [0.25, 0.3) is 0 Å². The van der Waals surface area contributed by atoms with Crippen molar-refractivity contribution in [1.82, 2.24) is 10.2 Å². The molecule has 0 saturated carbocycles. The molecule has 1 saturated heterocycles.